The zero-order valence-electron chi connectivity index (χ0n) is 17.8. The topological polar surface area (TPSA) is 102 Å². The second-order valence-corrected chi connectivity index (χ2v) is 7.82. The molecule has 0 atom stereocenters. The number of hydrogen-bond donors (Lipinski definition) is 2. The normalized spacial score (nSPS) is 13.9. The lowest BCUT2D eigenvalue weighted by Gasteiger charge is -2.24. The highest BCUT2D eigenvalue weighted by atomic mass is 35.5. The molecule has 1 amide bonds. The van der Waals surface area contributed by atoms with Crippen molar-refractivity contribution in [3.8, 4) is 5.69 Å². The smallest absolute Gasteiger partial charge is 0.269 e. The molecule has 2 heterocycles. The number of nitro benzene ring substituents is 1. The van der Waals surface area contributed by atoms with Crippen LogP contribution in [0.3, 0.4) is 0 Å². The number of aryl methyl sites for hydroxylation is 1. The van der Waals surface area contributed by atoms with Gasteiger partial charge in [-0.2, -0.15) is 5.10 Å². The highest BCUT2D eigenvalue weighted by Gasteiger charge is 2.27. The van der Waals surface area contributed by atoms with Crippen molar-refractivity contribution in [2.24, 2.45) is 0 Å². The van der Waals surface area contributed by atoms with Crippen LogP contribution in [0.15, 0.2) is 54.7 Å². The number of benzene rings is 2. The van der Waals surface area contributed by atoms with Crippen LogP contribution in [-0.2, 0) is 6.54 Å². The average Bonchev–Trinajstić information content (AvgIpc) is 3.24. The van der Waals surface area contributed by atoms with Gasteiger partial charge in [-0.3, -0.25) is 14.9 Å². The van der Waals surface area contributed by atoms with Gasteiger partial charge in [0.15, 0.2) is 0 Å². The fraction of sp³-hybridized carbons (Fsp3) is 0.304. The molecule has 1 aliphatic heterocycles. The fourth-order valence-corrected chi connectivity index (χ4v) is 3.93. The van der Waals surface area contributed by atoms with E-state index in [0.29, 0.717) is 17.8 Å². The van der Waals surface area contributed by atoms with Crippen molar-refractivity contribution in [2.75, 3.05) is 13.1 Å². The SMILES string of the molecule is Cc1ccc(CNC(=O)c2cnn(-c3ccc([N+](=O)[O-])cc3)c2C2CCNCC2)cc1.Cl. The van der Waals surface area contributed by atoms with E-state index in [2.05, 4.69) is 15.7 Å². The molecule has 0 spiro atoms. The van der Waals surface area contributed by atoms with Crippen LogP contribution in [0.4, 0.5) is 5.69 Å². The van der Waals surface area contributed by atoms with Gasteiger partial charge < -0.3 is 10.6 Å². The average molecular weight is 456 g/mol. The lowest BCUT2D eigenvalue weighted by atomic mass is 9.91. The van der Waals surface area contributed by atoms with Gasteiger partial charge in [-0.15, -0.1) is 12.4 Å². The largest absolute Gasteiger partial charge is 0.348 e. The molecule has 1 aromatic heterocycles. The van der Waals surface area contributed by atoms with E-state index in [1.54, 1.807) is 23.0 Å². The van der Waals surface area contributed by atoms with Gasteiger partial charge in [0.2, 0.25) is 0 Å². The molecule has 2 aromatic carbocycles. The summed E-state index contributed by atoms with van der Waals surface area (Å²) >= 11 is 0. The highest BCUT2D eigenvalue weighted by molar-refractivity contribution is 5.95. The van der Waals surface area contributed by atoms with Crippen molar-refractivity contribution in [2.45, 2.75) is 32.2 Å². The van der Waals surface area contributed by atoms with Crippen LogP contribution in [0.2, 0.25) is 0 Å². The van der Waals surface area contributed by atoms with E-state index in [9.17, 15) is 14.9 Å². The zero-order valence-corrected chi connectivity index (χ0v) is 18.6. The molecule has 168 valence electrons. The van der Waals surface area contributed by atoms with Crippen LogP contribution in [-0.4, -0.2) is 33.7 Å². The summed E-state index contributed by atoms with van der Waals surface area (Å²) in [7, 11) is 0. The van der Waals surface area contributed by atoms with Crippen molar-refractivity contribution in [3.63, 3.8) is 0 Å². The summed E-state index contributed by atoms with van der Waals surface area (Å²) in [6, 6.07) is 14.3. The van der Waals surface area contributed by atoms with Gasteiger partial charge in [0.1, 0.15) is 0 Å². The Morgan fingerprint density at radius 1 is 1.16 bits per heavy atom. The number of amides is 1. The van der Waals surface area contributed by atoms with Crippen molar-refractivity contribution in [1.82, 2.24) is 20.4 Å². The number of nitrogens with one attached hydrogen (secondary N) is 2. The summed E-state index contributed by atoms with van der Waals surface area (Å²) in [6.45, 7) is 4.22. The van der Waals surface area contributed by atoms with E-state index in [4.69, 9.17) is 0 Å². The first-order chi connectivity index (χ1) is 15.0. The van der Waals surface area contributed by atoms with Gasteiger partial charge >= 0.3 is 0 Å². The number of nitro groups is 1. The van der Waals surface area contributed by atoms with Crippen molar-refractivity contribution >= 4 is 24.0 Å². The Bertz CT molecular complexity index is 1070. The third-order valence-corrected chi connectivity index (χ3v) is 5.66. The maximum Gasteiger partial charge on any atom is 0.269 e. The van der Waals surface area contributed by atoms with Gasteiger partial charge in [-0.05, 0) is 50.6 Å². The van der Waals surface area contributed by atoms with Crippen molar-refractivity contribution in [3.05, 3.63) is 87.2 Å². The summed E-state index contributed by atoms with van der Waals surface area (Å²) in [4.78, 5) is 23.6. The minimum absolute atomic E-state index is 0. The summed E-state index contributed by atoms with van der Waals surface area (Å²) in [5.41, 5.74) is 4.35. The molecule has 1 fully saturated rings. The first-order valence-corrected chi connectivity index (χ1v) is 10.4. The van der Waals surface area contributed by atoms with Crippen molar-refractivity contribution < 1.29 is 9.72 Å². The van der Waals surface area contributed by atoms with Crippen LogP contribution < -0.4 is 10.6 Å². The molecule has 2 N–H and O–H groups in total. The molecule has 0 bridgehead atoms. The second-order valence-electron chi connectivity index (χ2n) is 7.82. The van der Waals surface area contributed by atoms with E-state index >= 15 is 0 Å². The Morgan fingerprint density at radius 3 is 2.44 bits per heavy atom. The number of rotatable bonds is 6. The van der Waals surface area contributed by atoms with Crippen LogP contribution in [0, 0.1) is 17.0 Å². The molecule has 1 aliphatic rings. The molecule has 0 aliphatic carbocycles. The maximum absolute atomic E-state index is 13.1. The number of piperidine rings is 1. The summed E-state index contributed by atoms with van der Waals surface area (Å²) in [6.07, 6.45) is 3.40. The highest BCUT2D eigenvalue weighted by Crippen LogP contribution is 2.30. The number of non-ortho nitro benzene ring substituents is 1. The Balaban J connectivity index is 0.00000289. The first-order valence-electron chi connectivity index (χ1n) is 10.4. The molecular formula is C23H26ClN5O3. The number of carbonyl (C=O) groups is 1. The first kappa shape index (κ1) is 23.4. The predicted molar refractivity (Wildman–Crippen MR) is 125 cm³/mol. The lowest BCUT2D eigenvalue weighted by Crippen LogP contribution is -2.30. The van der Waals surface area contributed by atoms with E-state index in [1.165, 1.54) is 17.7 Å². The van der Waals surface area contributed by atoms with Crippen LogP contribution in [0.25, 0.3) is 5.69 Å². The zero-order chi connectivity index (χ0) is 21.8. The van der Waals surface area contributed by atoms with Crippen LogP contribution >= 0.6 is 12.4 Å². The van der Waals surface area contributed by atoms with Crippen LogP contribution in [0.1, 0.15) is 45.9 Å². The molecule has 9 heteroatoms. The third kappa shape index (κ3) is 5.15. The van der Waals surface area contributed by atoms with Gasteiger partial charge in [0.25, 0.3) is 11.6 Å². The minimum Gasteiger partial charge on any atom is -0.348 e. The number of hydrogen-bond acceptors (Lipinski definition) is 5. The number of carbonyl (C=O) groups excluding carboxylic acids is 1. The van der Waals surface area contributed by atoms with Gasteiger partial charge in [0, 0.05) is 24.6 Å². The lowest BCUT2D eigenvalue weighted by molar-refractivity contribution is -0.384. The van der Waals surface area contributed by atoms with E-state index in [-0.39, 0.29) is 29.9 Å². The summed E-state index contributed by atoms with van der Waals surface area (Å²) < 4.78 is 1.75. The van der Waals surface area contributed by atoms with Crippen molar-refractivity contribution in [1.29, 1.82) is 0 Å². The van der Waals surface area contributed by atoms with Gasteiger partial charge in [0.05, 0.1) is 28.1 Å². The van der Waals surface area contributed by atoms with Crippen LogP contribution in [0.5, 0.6) is 0 Å². The quantitative estimate of drug-likeness (QED) is 0.433. The summed E-state index contributed by atoms with van der Waals surface area (Å²) in [5, 5.41) is 21.8. The molecule has 8 nitrogen and oxygen atoms in total. The molecule has 4 rings (SSSR count). The Hall–Kier alpha value is -3.23. The monoisotopic (exact) mass is 455 g/mol. The van der Waals surface area contributed by atoms with E-state index < -0.39 is 4.92 Å². The van der Waals surface area contributed by atoms with E-state index in [1.807, 2.05) is 31.2 Å². The number of nitrogens with zero attached hydrogens (tertiary/aromatic N) is 3. The minimum atomic E-state index is -0.426. The Labute approximate surface area is 192 Å². The van der Waals surface area contributed by atoms with Gasteiger partial charge in [-0.1, -0.05) is 29.8 Å². The molecule has 3 aromatic rings. The number of halogens is 1. The number of aromatic nitrogens is 2. The Kier molecular flexibility index (Phi) is 7.61. The van der Waals surface area contributed by atoms with E-state index in [0.717, 1.165) is 37.2 Å². The standard InChI is InChI=1S/C23H25N5O3.ClH/c1-16-2-4-17(5-3-16)14-25-23(29)21-15-26-27(22(21)18-10-12-24-13-11-18)19-6-8-20(9-7-19)28(30)31;/h2-9,15,18,24H,10-14H2,1H3,(H,25,29);1H. The molecule has 1 saturated heterocycles. The molecule has 32 heavy (non-hydrogen) atoms. The molecule has 0 unspecified atom stereocenters. The van der Waals surface area contributed by atoms with Gasteiger partial charge in [-0.25, -0.2) is 4.68 Å². The molecule has 0 saturated carbocycles. The molecule has 0 radical (unpaired) electrons. The fourth-order valence-electron chi connectivity index (χ4n) is 3.93. The predicted octanol–water partition coefficient (Wildman–Crippen LogP) is 3.91. The third-order valence-electron chi connectivity index (χ3n) is 5.66. The Morgan fingerprint density at radius 2 is 1.81 bits per heavy atom. The maximum atomic E-state index is 13.1. The summed E-state index contributed by atoms with van der Waals surface area (Å²) in [5.74, 6) is 0.0151. The molecular weight excluding hydrogens is 430 g/mol. The second kappa shape index (κ2) is 10.4.